The van der Waals surface area contributed by atoms with Crippen LogP contribution < -0.4 is 5.32 Å². The number of alkyl carbamates (subject to hydrolysis) is 1. The number of carbonyl (C=O) groups is 1. The number of ether oxygens (including phenoxy) is 1. The van der Waals surface area contributed by atoms with Crippen LogP contribution in [-0.2, 0) is 16.5 Å². The van der Waals surface area contributed by atoms with Gasteiger partial charge in [0.1, 0.15) is 5.60 Å². The number of aromatic nitrogens is 3. The number of carbonyl (C=O) groups excluding carboxylic acids is 1. The second kappa shape index (κ2) is 5.71. The van der Waals surface area contributed by atoms with Gasteiger partial charge in [-0.2, -0.15) is 18.3 Å². The molecule has 150 valence electrons. The summed E-state index contributed by atoms with van der Waals surface area (Å²) in [6.45, 7) is 5.45. The predicted octanol–water partition coefficient (Wildman–Crippen LogP) is 4.12. The van der Waals surface area contributed by atoms with Crippen molar-refractivity contribution in [3.8, 4) is 11.3 Å². The van der Waals surface area contributed by atoms with E-state index in [1.165, 1.54) is 6.07 Å². The minimum absolute atomic E-state index is 0.154. The van der Waals surface area contributed by atoms with Gasteiger partial charge < -0.3 is 10.1 Å². The summed E-state index contributed by atoms with van der Waals surface area (Å²) in [6, 6.07) is 2.36. The summed E-state index contributed by atoms with van der Waals surface area (Å²) >= 11 is 0. The summed E-state index contributed by atoms with van der Waals surface area (Å²) in [5.41, 5.74) is -0.630. The van der Waals surface area contributed by atoms with Gasteiger partial charge in [0.2, 0.25) is 0 Å². The quantitative estimate of drug-likeness (QED) is 0.850. The average Bonchev–Trinajstić information content (AvgIpc) is 2.96. The molecule has 9 heteroatoms. The number of nitrogens with one attached hydrogen (secondary N) is 1. The summed E-state index contributed by atoms with van der Waals surface area (Å²) in [6.07, 6.45) is 1.65. The molecule has 0 spiro atoms. The van der Waals surface area contributed by atoms with E-state index < -0.39 is 23.4 Å². The highest BCUT2D eigenvalue weighted by atomic mass is 19.4. The molecule has 0 aromatic carbocycles. The fourth-order valence-corrected chi connectivity index (χ4v) is 4.08. The predicted molar refractivity (Wildman–Crippen MR) is 94.4 cm³/mol. The molecule has 1 amide bonds. The highest BCUT2D eigenvalue weighted by Gasteiger charge is 2.70. The van der Waals surface area contributed by atoms with Crippen molar-refractivity contribution in [2.24, 2.45) is 0 Å². The number of rotatable bonds is 3. The summed E-state index contributed by atoms with van der Waals surface area (Å²) in [7, 11) is 0. The maximum absolute atomic E-state index is 12.7. The van der Waals surface area contributed by atoms with E-state index in [9.17, 15) is 18.0 Å². The summed E-state index contributed by atoms with van der Waals surface area (Å²) in [4.78, 5) is 15.9. The van der Waals surface area contributed by atoms with Crippen LogP contribution in [0.15, 0.2) is 30.7 Å². The molecule has 0 saturated heterocycles. The van der Waals surface area contributed by atoms with E-state index in [0.717, 1.165) is 31.5 Å². The minimum Gasteiger partial charge on any atom is -0.444 e. The Morgan fingerprint density at radius 1 is 1.18 bits per heavy atom. The molecule has 3 saturated carbocycles. The van der Waals surface area contributed by atoms with Gasteiger partial charge in [0.15, 0.2) is 0 Å². The van der Waals surface area contributed by atoms with E-state index in [1.807, 2.05) is 25.5 Å². The lowest BCUT2D eigenvalue weighted by Gasteiger charge is -2.69. The van der Waals surface area contributed by atoms with Crippen LogP contribution in [0.3, 0.4) is 0 Å². The standard InChI is InChI=1S/C19H21F3N4O2/c1-16(2,3)28-15(27)25-17-9-18(10-17,11-17)26-8-12(6-24-26)14-5-4-13(7-23-14)19(20,21)22/h4-8H,9-11H2,1-3H3,(H,25,27). The van der Waals surface area contributed by atoms with Gasteiger partial charge in [-0.15, -0.1) is 0 Å². The van der Waals surface area contributed by atoms with Gasteiger partial charge in [-0.3, -0.25) is 9.67 Å². The molecule has 3 fully saturated rings. The first-order valence-electron chi connectivity index (χ1n) is 9.00. The van der Waals surface area contributed by atoms with Crippen molar-refractivity contribution in [2.45, 2.75) is 62.9 Å². The normalized spacial score (nSPS) is 26.2. The first kappa shape index (κ1) is 18.8. The van der Waals surface area contributed by atoms with E-state index in [-0.39, 0.29) is 11.1 Å². The van der Waals surface area contributed by atoms with Crippen LogP contribution in [0.4, 0.5) is 18.0 Å². The number of nitrogens with zero attached hydrogens (tertiary/aromatic N) is 3. The fraction of sp³-hybridized carbons (Fsp3) is 0.526. The summed E-state index contributed by atoms with van der Waals surface area (Å²) in [5, 5.41) is 7.32. The molecule has 6 nitrogen and oxygen atoms in total. The van der Waals surface area contributed by atoms with Gasteiger partial charge in [0, 0.05) is 18.0 Å². The third kappa shape index (κ3) is 3.22. The van der Waals surface area contributed by atoms with Gasteiger partial charge in [-0.05, 0) is 52.2 Å². The summed E-state index contributed by atoms with van der Waals surface area (Å²) < 4.78 is 45.1. The Kier molecular flexibility index (Phi) is 3.83. The topological polar surface area (TPSA) is 69.0 Å². The smallest absolute Gasteiger partial charge is 0.417 e. The Hall–Kier alpha value is -2.58. The third-order valence-corrected chi connectivity index (χ3v) is 5.22. The van der Waals surface area contributed by atoms with Crippen molar-refractivity contribution in [3.63, 3.8) is 0 Å². The molecule has 0 aliphatic heterocycles. The first-order valence-corrected chi connectivity index (χ1v) is 9.00. The molecular formula is C19H21F3N4O2. The maximum Gasteiger partial charge on any atom is 0.417 e. The van der Waals surface area contributed by atoms with Crippen LogP contribution in [-0.4, -0.2) is 32.0 Å². The SMILES string of the molecule is CC(C)(C)OC(=O)NC12CC(n3cc(-c4ccc(C(F)(F)F)cn4)cn3)(C1)C2. The van der Waals surface area contributed by atoms with E-state index in [1.54, 1.807) is 12.4 Å². The number of alkyl halides is 3. The Morgan fingerprint density at radius 3 is 2.39 bits per heavy atom. The zero-order chi connectivity index (χ0) is 20.4. The zero-order valence-corrected chi connectivity index (χ0v) is 15.8. The Balaban J connectivity index is 1.40. The second-order valence-corrected chi connectivity index (χ2v) is 8.77. The monoisotopic (exact) mass is 394 g/mol. The third-order valence-electron chi connectivity index (χ3n) is 5.22. The molecule has 5 rings (SSSR count). The van der Waals surface area contributed by atoms with Crippen LogP contribution in [0, 0.1) is 0 Å². The molecule has 2 heterocycles. The molecule has 28 heavy (non-hydrogen) atoms. The average molecular weight is 394 g/mol. The Morgan fingerprint density at radius 2 is 1.86 bits per heavy atom. The van der Waals surface area contributed by atoms with Gasteiger partial charge in [0.25, 0.3) is 0 Å². The van der Waals surface area contributed by atoms with Gasteiger partial charge in [-0.25, -0.2) is 4.79 Å². The van der Waals surface area contributed by atoms with Crippen LogP contribution in [0.25, 0.3) is 11.3 Å². The zero-order valence-electron chi connectivity index (χ0n) is 15.8. The molecule has 3 aliphatic carbocycles. The number of hydrogen-bond donors (Lipinski definition) is 1. The molecule has 3 aliphatic rings. The molecular weight excluding hydrogens is 373 g/mol. The fourth-order valence-electron chi connectivity index (χ4n) is 4.08. The van der Waals surface area contributed by atoms with Crippen LogP contribution in [0.2, 0.25) is 0 Å². The lowest BCUT2D eigenvalue weighted by atomic mass is 9.44. The number of hydrogen-bond acceptors (Lipinski definition) is 4. The van der Waals surface area contributed by atoms with Crippen molar-refractivity contribution >= 4 is 6.09 Å². The maximum atomic E-state index is 12.7. The first-order chi connectivity index (χ1) is 12.9. The van der Waals surface area contributed by atoms with Crippen molar-refractivity contribution in [1.82, 2.24) is 20.1 Å². The van der Waals surface area contributed by atoms with E-state index in [4.69, 9.17) is 4.74 Å². The van der Waals surface area contributed by atoms with Crippen molar-refractivity contribution in [3.05, 3.63) is 36.3 Å². The van der Waals surface area contributed by atoms with Crippen molar-refractivity contribution < 1.29 is 22.7 Å². The highest BCUT2D eigenvalue weighted by Crippen LogP contribution is 2.65. The van der Waals surface area contributed by atoms with Crippen molar-refractivity contribution in [1.29, 1.82) is 0 Å². The lowest BCUT2D eigenvalue weighted by molar-refractivity contribution is -0.143. The van der Waals surface area contributed by atoms with E-state index >= 15 is 0 Å². The lowest BCUT2D eigenvalue weighted by Crippen LogP contribution is -2.79. The summed E-state index contributed by atoms with van der Waals surface area (Å²) in [5.74, 6) is 0. The molecule has 2 bridgehead atoms. The molecule has 1 N–H and O–H groups in total. The minimum atomic E-state index is -4.41. The second-order valence-electron chi connectivity index (χ2n) is 8.77. The van der Waals surface area contributed by atoms with E-state index in [2.05, 4.69) is 15.4 Å². The van der Waals surface area contributed by atoms with Crippen LogP contribution in [0.5, 0.6) is 0 Å². The molecule has 2 aromatic heterocycles. The largest absolute Gasteiger partial charge is 0.444 e. The van der Waals surface area contributed by atoms with Gasteiger partial charge >= 0.3 is 12.3 Å². The van der Waals surface area contributed by atoms with Gasteiger partial charge in [-0.1, -0.05) is 0 Å². The number of pyridine rings is 1. The number of amides is 1. The van der Waals surface area contributed by atoms with Gasteiger partial charge in [0.05, 0.1) is 28.5 Å². The van der Waals surface area contributed by atoms with E-state index in [0.29, 0.717) is 11.3 Å². The molecule has 0 unspecified atom stereocenters. The molecule has 2 aromatic rings. The number of halogens is 3. The highest BCUT2D eigenvalue weighted by molar-refractivity contribution is 5.70. The van der Waals surface area contributed by atoms with Crippen molar-refractivity contribution in [2.75, 3.05) is 0 Å². The van der Waals surface area contributed by atoms with Crippen LogP contribution in [0.1, 0.15) is 45.6 Å². The Bertz CT molecular complexity index is 893. The molecule has 0 atom stereocenters. The molecule has 0 radical (unpaired) electrons. The van der Waals surface area contributed by atoms with Crippen LogP contribution >= 0.6 is 0 Å². The Labute approximate surface area is 160 Å².